The molecule has 126 valence electrons. The molecule has 25 heavy (non-hydrogen) atoms. The molecule has 0 bridgehead atoms. The maximum atomic E-state index is 12.2. The highest BCUT2D eigenvalue weighted by molar-refractivity contribution is 6.30. The Balaban J connectivity index is 1.74. The minimum atomic E-state index is -0.424. The number of hydrogen-bond donors (Lipinski definition) is 1. The Morgan fingerprint density at radius 3 is 2.60 bits per heavy atom. The van der Waals surface area contributed by atoms with Gasteiger partial charge in [-0.3, -0.25) is 9.59 Å². The first kappa shape index (κ1) is 16.9. The van der Waals surface area contributed by atoms with Crippen LogP contribution in [-0.4, -0.2) is 20.7 Å². The maximum Gasteiger partial charge on any atom is 0.277 e. The second-order valence-electron chi connectivity index (χ2n) is 5.49. The van der Waals surface area contributed by atoms with Gasteiger partial charge in [0.05, 0.1) is 0 Å². The minimum absolute atomic E-state index is 0.145. The Labute approximate surface area is 149 Å². The smallest absolute Gasteiger partial charge is 0.277 e. The number of aryl methyl sites for hydroxylation is 1. The number of aromatic nitrogens is 3. The summed E-state index contributed by atoms with van der Waals surface area (Å²) in [4.78, 5) is 27.7. The molecular formula is C18H15ClN4O2. The molecule has 0 atom stereocenters. The van der Waals surface area contributed by atoms with E-state index in [-0.39, 0.29) is 11.3 Å². The zero-order valence-corrected chi connectivity index (χ0v) is 14.2. The van der Waals surface area contributed by atoms with Gasteiger partial charge in [-0.05, 0) is 47.9 Å². The number of nitrogens with one attached hydrogen (secondary N) is 1. The summed E-state index contributed by atoms with van der Waals surface area (Å²) in [6, 6.07) is 14.0. The van der Waals surface area contributed by atoms with Crippen LogP contribution in [0, 0.1) is 0 Å². The van der Waals surface area contributed by atoms with Crippen molar-refractivity contribution in [2.75, 3.05) is 5.32 Å². The Bertz CT molecular complexity index is 967. The van der Waals surface area contributed by atoms with Crippen molar-refractivity contribution >= 4 is 23.3 Å². The predicted molar refractivity (Wildman–Crippen MR) is 95.9 cm³/mol. The lowest BCUT2D eigenvalue weighted by molar-refractivity contribution is 0.101. The van der Waals surface area contributed by atoms with Crippen LogP contribution in [0.25, 0.3) is 0 Å². The van der Waals surface area contributed by atoms with E-state index in [4.69, 9.17) is 11.6 Å². The van der Waals surface area contributed by atoms with Crippen LogP contribution in [0.2, 0.25) is 5.02 Å². The SMILES string of the molecule is Cn1nc(C(=O)Nc2cc(Cc3ccc(Cl)cc3)ccn2)ccc1=O. The summed E-state index contributed by atoms with van der Waals surface area (Å²) in [6.07, 6.45) is 2.33. The third kappa shape index (κ3) is 4.30. The fraction of sp³-hybridized carbons (Fsp3) is 0.111. The number of benzene rings is 1. The van der Waals surface area contributed by atoms with Crippen LogP contribution in [-0.2, 0) is 13.5 Å². The van der Waals surface area contributed by atoms with Crippen LogP contribution in [0.1, 0.15) is 21.6 Å². The molecule has 0 saturated carbocycles. The highest BCUT2D eigenvalue weighted by Crippen LogP contribution is 2.15. The van der Waals surface area contributed by atoms with Gasteiger partial charge in [0.15, 0.2) is 0 Å². The van der Waals surface area contributed by atoms with Crippen molar-refractivity contribution in [2.45, 2.75) is 6.42 Å². The number of halogens is 1. The largest absolute Gasteiger partial charge is 0.305 e. The van der Waals surface area contributed by atoms with Gasteiger partial charge in [-0.2, -0.15) is 5.10 Å². The molecule has 1 aromatic carbocycles. The molecular weight excluding hydrogens is 340 g/mol. The zero-order valence-electron chi connectivity index (χ0n) is 13.4. The maximum absolute atomic E-state index is 12.2. The van der Waals surface area contributed by atoms with Crippen molar-refractivity contribution in [1.29, 1.82) is 0 Å². The number of amides is 1. The van der Waals surface area contributed by atoms with E-state index >= 15 is 0 Å². The first-order chi connectivity index (χ1) is 12.0. The number of anilines is 1. The van der Waals surface area contributed by atoms with E-state index in [0.717, 1.165) is 15.8 Å². The molecule has 7 heteroatoms. The Morgan fingerprint density at radius 1 is 1.12 bits per heavy atom. The number of nitrogens with zero attached hydrogens (tertiary/aromatic N) is 3. The third-order valence-electron chi connectivity index (χ3n) is 3.58. The second kappa shape index (κ2) is 7.27. The molecule has 0 aliphatic rings. The molecule has 0 aliphatic carbocycles. The molecule has 0 unspecified atom stereocenters. The minimum Gasteiger partial charge on any atom is -0.305 e. The van der Waals surface area contributed by atoms with Gasteiger partial charge in [-0.1, -0.05) is 23.7 Å². The molecule has 3 aromatic rings. The summed E-state index contributed by atoms with van der Waals surface area (Å²) in [5.41, 5.74) is 1.97. The highest BCUT2D eigenvalue weighted by atomic mass is 35.5. The topological polar surface area (TPSA) is 76.9 Å². The normalized spacial score (nSPS) is 10.5. The molecule has 3 rings (SSSR count). The first-order valence-electron chi connectivity index (χ1n) is 7.56. The van der Waals surface area contributed by atoms with Crippen molar-refractivity contribution in [2.24, 2.45) is 7.05 Å². The lowest BCUT2D eigenvalue weighted by Gasteiger charge is -2.07. The Morgan fingerprint density at radius 2 is 1.88 bits per heavy atom. The van der Waals surface area contributed by atoms with Gasteiger partial charge < -0.3 is 5.32 Å². The van der Waals surface area contributed by atoms with E-state index in [1.165, 1.54) is 19.2 Å². The van der Waals surface area contributed by atoms with Gasteiger partial charge in [-0.15, -0.1) is 0 Å². The van der Waals surface area contributed by atoms with E-state index in [2.05, 4.69) is 15.4 Å². The molecule has 1 N–H and O–H groups in total. The van der Waals surface area contributed by atoms with Crippen LogP contribution < -0.4 is 10.9 Å². The van der Waals surface area contributed by atoms with Gasteiger partial charge in [0.2, 0.25) is 0 Å². The molecule has 0 fully saturated rings. The standard InChI is InChI=1S/C18H15ClN4O2/c1-23-17(24)7-6-15(22-23)18(25)21-16-11-13(8-9-20-16)10-12-2-4-14(19)5-3-12/h2-9,11H,10H2,1H3,(H,20,21,25). The summed E-state index contributed by atoms with van der Waals surface area (Å²) in [7, 11) is 1.49. The van der Waals surface area contributed by atoms with Gasteiger partial charge in [0, 0.05) is 24.3 Å². The van der Waals surface area contributed by atoms with E-state index < -0.39 is 5.91 Å². The summed E-state index contributed by atoms with van der Waals surface area (Å²) in [5, 5.41) is 7.30. The van der Waals surface area contributed by atoms with Gasteiger partial charge in [0.1, 0.15) is 11.5 Å². The summed E-state index contributed by atoms with van der Waals surface area (Å²) in [5.74, 6) is -0.00106. The first-order valence-corrected chi connectivity index (χ1v) is 7.94. The molecule has 0 spiro atoms. The summed E-state index contributed by atoms with van der Waals surface area (Å²) >= 11 is 5.89. The monoisotopic (exact) mass is 354 g/mol. The Hall–Kier alpha value is -2.99. The molecule has 0 radical (unpaired) electrons. The van der Waals surface area contributed by atoms with E-state index in [9.17, 15) is 9.59 Å². The molecule has 0 saturated heterocycles. The summed E-state index contributed by atoms with van der Waals surface area (Å²) < 4.78 is 1.11. The molecule has 1 amide bonds. The number of carbonyl (C=O) groups excluding carboxylic acids is 1. The van der Waals surface area contributed by atoms with Gasteiger partial charge in [0.25, 0.3) is 11.5 Å². The fourth-order valence-corrected chi connectivity index (χ4v) is 2.42. The molecule has 2 aromatic heterocycles. The molecule has 6 nitrogen and oxygen atoms in total. The van der Waals surface area contributed by atoms with Gasteiger partial charge >= 0.3 is 0 Å². The van der Waals surface area contributed by atoms with E-state index in [0.29, 0.717) is 17.3 Å². The number of pyridine rings is 1. The highest BCUT2D eigenvalue weighted by Gasteiger charge is 2.10. The predicted octanol–water partition coefficient (Wildman–Crippen LogP) is 2.67. The quantitative estimate of drug-likeness (QED) is 0.781. The summed E-state index contributed by atoms with van der Waals surface area (Å²) in [6.45, 7) is 0. The van der Waals surface area contributed by atoms with Crippen molar-refractivity contribution in [3.8, 4) is 0 Å². The number of hydrogen-bond acceptors (Lipinski definition) is 4. The van der Waals surface area contributed by atoms with Crippen LogP contribution in [0.3, 0.4) is 0 Å². The lowest BCUT2D eigenvalue weighted by atomic mass is 10.1. The zero-order chi connectivity index (χ0) is 17.8. The number of carbonyl (C=O) groups is 1. The van der Waals surface area contributed by atoms with Crippen molar-refractivity contribution in [1.82, 2.24) is 14.8 Å². The van der Waals surface area contributed by atoms with E-state index in [1.807, 2.05) is 30.3 Å². The van der Waals surface area contributed by atoms with E-state index in [1.54, 1.807) is 12.3 Å². The van der Waals surface area contributed by atoms with Gasteiger partial charge in [-0.25, -0.2) is 9.67 Å². The molecule has 2 heterocycles. The average molecular weight is 355 g/mol. The third-order valence-corrected chi connectivity index (χ3v) is 3.83. The van der Waals surface area contributed by atoms with Crippen LogP contribution in [0.15, 0.2) is 59.5 Å². The Kier molecular flexibility index (Phi) is 4.90. The van der Waals surface area contributed by atoms with Crippen LogP contribution in [0.5, 0.6) is 0 Å². The fourth-order valence-electron chi connectivity index (χ4n) is 2.29. The lowest BCUT2D eigenvalue weighted by Crippen LogP contribution is -2.23. The second-order valence-corrected chi connectivity index (χ2v) is 5.92. The van der Waals surface area contributed by atoms with Crippen molar-refractivity contribution in [3.63, 3.8) is 0 Å². The van der Waals surface area contributed by atoms with Crippen LogP contribution >= 0.6 is 11.6 Å². The van der Waals surface area contributed by atoms with Crippen LogP contribution in [0.4, 0.5) is 5.82 Å². The van der Waals surface area contributed by atoms with Crippen molar-refractivity contribution < 1.29 is 4.79 Å². The molecule has 0 aliphatic heterocycles. The van der Waals surface area contributed by atoms with Crippen molar-refractivity contribution in [3.05, 3.63) is 86.9 Å². The number of rotatable bonds is 4. The average Bonchev–Trinajstić information content (AvgIpc) is 2.59.